The third-order valence-corrected chi connectivity index (χ3v) is 2.94. The molecule has 0 saturated carbocycles. The molecule has 88 valence electrons. The Labute approximate surface area is 105 Å². The van der Waals surface area contributed by atoms with E-state index in [1.807, 2.05) is 33.8 Å². The molecule has 0 saturated heterocycles. The minimum absolute atomic E-state index is 0.0311. The minimum Gasteiger partial charge on any atom is -0.398 e. The van der Waals surface area contributed by atoms with Crippen LogP contribution in [0.5, 0.6) is 0 Å². The maximum absolute atomic E-state index is 11.8. The second-order valence-corrected chi connectivity index (χ2v) is 5.75. The SMILES string of the molecule is Cc1cc(Br)c(NC(=O)C(C)(C)C)cc1N. The number of nitrogens with one attached hydrogen (secondary N) is 1. The van der Waals surface area contributed by atoms with E-state index in [0.29, 0.717) is 11.4 Å². The number of amides is 1. The molecular formula is C12H17BrN2O. The quantitative estimate of drug-likeness (QED) is 0.778. The Bertz CT molecular complexity index is 422. The number of benzene rings is 1. The van der Waals surface area contributed by atoms with Crippen molar-refractivity contribution in [2.24, 2.45) is 5.41 Å². The molecule has 0 aliphatic heterocycles. The predicted molar refractivity (Wildman–Crippen MR) is 71.4 cm³/mol. The molecule has 1 rings (SSSR count). The lowest BCUT2D eigenvalue weighted by Gasteiger charge is -2.19. The summed E-state index contributed by atoms with van der Waals surface area (Å²) in [7, 11) is 0. The van der Waals surface area contributed by atoms with Gasteiger partial charge in [0.1, 0.15) is 0 Å². The number of nitrogen functional groups attached to an aromatic ring is 1. The van der Waals surface area contributed by atoms with E-state index in [4.69, 9.17) is 5.73 Å². The summed E-state index contributed by atoms with van der Waals surface area (Å²) in [4.78, 5) is 11.8. The van der Waals surface area contributed by atoms with E-state index in [-0.39, 0.29) is 5.91 Å². The monoisotopic (exact) mass is 284 g/mol. The molecule has 1 amide bonds. The van der Waals surface area contributed by atoms with Gasteiger partial charge in [-0.05, 0) is 40.5 Å². The molecule has 3 nitrogen and oxygen atoms in total. The van der Waals surface area contributed by atoms with Crippen LogP contribution in [0.3, 0.4) is 0 Å². The molecule has 1 aromatic carbocycles. The topological polar surface area (TPSA) is 55.1 Å². The zero-order valence-electron chi connectivity index (χ0n) is 10.0. The number of carbonyl (C=O) groups is 1. The molecule has 0 spiro atoms. The summed E-state index contributed by atoms with van der Waals surface area (Å²) < 4.78 is 0.844. The van der Waals surface area contributed by atoms with Crippen LogP contribution in [0, 0.1) is 12.3 Å². The molecule has 0 fully saturated rings. The van der Waals surface area contributed by atoms with Crippen molar-refractivity contribution in [3.63, 3.8) is 0 Å². The Hall–Kier alpha value is -1.03. The van der Waals surface area contributed by atoms with Crippen LogP contribution in [0.15, 0.2) is 16.6 Å². The van der Waals surface area contributed by atoms with Gasteiger partial charge in [-0.25, -0.2) is 0 Å². The van der Waals surface area contributed by atoms with Crippen LogP contribution in [-0.4, -0.2) is 5.91 Å². The lowest BCUT2D eigenvalue weighted by atomic mass is 9.95. The van der Waals surface area contributed by atoms with Crippen LogP contribution in [0.25, 0.3) is 0 Å². The number of nitrogens with two attached hydrogens (primary N) is 1. The van der Waals surface area contributed by atoms with E-state index in [0.717, 1.165) is 10.0 Å². The van der Waals surface area contributed by atoms with Gasteiger partial charge < -0.3 is 11.1 Å². The van der Waals surface area contributed by atoms with E-state index in [2.05, 4.69) is 21.2 Å². The Balaban J connectivity index is 2.99. The van der Waals surface area contributed by atoms with Gasteiger partial charge in [-0.1, -0.05) is 20.8 Å². The number of halogens is 1. The van der Waals surface area contributed by atoms with Gasteiger partial charge in [0.05, 0.1) is 5.69 Å². The van der Waals surface area contributed by atoms with Crippen LogP contribution in [0.4, 0.5) is 11.4 Å². The second-order valence-electron chi connectivity index (χ2n) is 4.89. The zero-order chi connectivity index (χ0) is 12.5. The van der Waals surface area contributed by atoms with Crippen molar-refractivity contribution in [2.45, 2.75) is 27.7 Å². The van der Waals surface area contributed by atoms with Gasteiger partial charge in [-0.2, -0.15) is 0 Å². The van der Waals surface area contributed by atoms with Gasteiger partial charge in [-0.15, -0.1) is 0 Å². The summed E-state index contributed by atoms with van der Waals surface area (Å²) in [5.41, 5.74) is 7.76. The number of rotatable bonds is 1. The average molecular weight is 285 g/mol. The normalized spacial score (nSPS) is 11.3. The summed E-state index contributed by atoms with van der Waals surface area (Å²) in [6.45, 7) is 7.53. The number of carbonyl (C=O) groups excluding carboxylic acids is 1. The standard InChI is InChI=1S/C12H17BrN2O/c1-7-5-8(13)10(6-9(7)14)15-11(16)12(2,3)4/h5-6H,14H2,1-4H3,(H,15,16). The third-order valence-electron chi connectivity index (χ3n) is 2.29. The average Bonchev–Trinajstić information content (AvgIpc) is 2.12. The first-order valence-corrected chi connectivity index (χ1v) is 5.88. The summed E-state index contributed by atoms with van der Waals surface area (Å²) in [5.74, 6) is -0.0311. The molecular weight excluding hydrogens is 268 g/mol. The highest BCUT2D eigenvalue weighted by Gasteiger charge is 2.22. The maximum Gasteiger partial charge on any atom is 0.229 e. The minimum atomic E-state index is -0.418. The zero-order valence-corrected chi connectivity index (χ0v) is 11.6. The lowest BCUT2D eigenvalue weighted by Crippen LogP contribution is -2.27. The second kappa shape index (κ2) is 4.45. The molecule has 0 bridgehead atoms. The van der Waals surface area contributed by atoms with E-state index >= 15 is 0 Å². The first kappa shape index (κ1) is 13.0. The maximum atomic E-state index is 11.8. The predicted octanol–water partition coefficient (Wildman–Crippen LogP) is 3.32. The van der Waals surface area contributed by atoms with Crippen molar-refractivity contribution in [1.82, 2.24) is 0 Å². The van der Waals surface area contributed by atoms with E-state index < -0.39 is 5.41 Å². The number of hydrogen-bond donors (Lipinski definition) is 2. The Morgan fingerprint density at radius 3 is 2.44 bits per heavy atom. The fourth-order valence-electron chi connectivity index (χ4n) is 1.10. The molecule has 16 heavy (non-hydrogen) atoms. The van der Waals surface area contributed by atoms with E-state index in [9.17, 15) is 4.79 Å². The Morgan fingerprint density at radius 1 is 1.38 bits per heavy atom. The fraction of sp³-hybridized carbons (Fsp3) is 0.417. The highest BCUT2D eigenvalue weighted by molar-refractivity contribution is 9.10. The van der Waals surface area contributed by atoms with Crippen molar-refractivity contribution < 1.29 is 4.79 Å². The highest BCUT2D eigenvalue weighted by Crippen LogP contribution is 2.29. The third kappa shape index (κ3) is 2.98. The van der Waals surface area contributed by atoms with Crippen molar-refractivity contribution in [3.8, 4) is 0 Å². The largest absolute Gasteiger partial charge is 0.398 e. The molecule has 1 aromatic rings. The lowest BCUT2D eigenvalue weighted by molar-refractivity contribution is -0.123. The smallest absolute Gasteiger partial charge is 0.229 e. The molecule has 0 aliphatic rings. The van der Waals surface area contributed by atoms with Gasteiger partial charge >= 0.3 is 0 Å². The number of aryl methyl sites for hydroxylation is 1. The van der Waals surface area contributed by atoms with Gasteiger partial charge in [-0.3, -0.25) is 4.79 Å². The van der Waals surface area contributed by atoms with Crippen molar-refractivity contribution in [3.05, 3.63) is 22.2 Å². The van der Waals surface area contributed by atoms with Crippen LogP contribution in [-0.2, 0) is 4.79 Å². The van der Waals surface area contributed by atoms with Crippen LogP contribution in [0.1, 0.15) is 26.3 Å². The molecule has 0 unspecified atom stereocenters. The molecule has 0 radical (unpaired) electrons. The summed E-state index contributed by atoms with van der Waals surface area (Å²) >= 11 is 3.41. The Kier molecular flexibility index (Phi) is 3.63. The molecule has 3 N–H and O–H groups in total. The molecule has 0 aliphatic carbocycles. The Morgan fingerprint density at radius 2 is 1.94 bits per heavy atom. The molecule has 0 atom stereocenters. The molecule has 4 heteroatoms. The van der Waals surface area contributed by atoms with Gasteiger partial charge in [0, 0.05) is 15.6 Å². The highest BCUT2D eigenvalue weighted by atomic mass is 79.9. The fourth-order valence-corrected chi connectivity index (χ4v) is 1.65. The van der Waals surface area contributed by atoms with Crippen LogP contribution >= 0.6 is 15.9 Å². The summed E-state index contributed by atoms with van der Waals surface area (Å²) in [5, 5.41) is 2.85. The summed E-state index contributed by atoms with van der Waals surface area (Å²) in [6, 6.07) is 3.66. The first-order chi connectivity index (χ1) is 7.21. The van der Waals surface area contributed by atoms with Crippen LogP contribution < -0.4 is 11.1 Å². The van der Waals surface area contributed by atoms with E-state index in [1.165, 1.54) is 0 Å². The van der Waals surface area contributed by atoms with Crippen molar-refractivity contribution >= 4 is 33.2 Å². The van der Waals surface area contributed by atoms with Crippen molar-refractivity contribution in [1.29, 1.82) is 0 Å². The molecule has 0 aromatic heterocycles. The summed E-state index contributed by atoms with van der Waals surface area (Å²) in [6.07, 6.45) is 0. The van der Waals surface area contributed by atoms with Gasteiger partial charge in [0.25, 0.3) is 0 Å². The van der Waals surface area contributed by atoms with Gasteiger partial charge in [0.2, 0.25) is 5.91 Å². The van der Waals surface area contributed by atoms with Crippen molar-refractivity contribution in [2.75, 3.05) is 11.1 Å². The van der Waals surface area contributed by atoms with Crippen LogP contribution in [0.2, 0.25) is 0 Å². The number of anilines is 2. The first-order valence-electron chi connectivity index (χ1n) is 5.09. The van der Waals surface area contributed by atoms with Gasteiger partial charge in [0.15, 0.2) is 0 Å². The van der Waals surface area contributed by atoms with E-state index in [1.54, 1.807) is 6.07 Å². The number of hydrogen-bond acceptors (Lipinski definition) is 2. The molecule has 0 heterocycles.